The number of oxazole rings is 1. The average molecular weight is 274 g/mol. The van der Waals surface area contributed by atoms with Crippen LogP contribution in [0.25, 0.3) is 11.5 Å². The van der Waals surface area contributed by atoms with E-state index in [1.165, 1.54) is 37.8 Å². The Bertz CT molecular complexity index is 542. The second kappa shape index (κ2) is 6.18. The van der Waals surface area contributed by atoms with Crippen LogP contribution >= 0.6 is 0 Å². The molecular weight excluding hydrogens is 255 g/mol. The van der Waals surface area contributed by atoms with Crippen molar-refractivity contribution in [1.82, 2.24) is 9.88 Å². The molecule has 0 atom stereocenters. The second-order valence-electron chi connectivity index (χ2n) is 5.34. The van der Waals surface area contributed by atoms with E-state index in [1.807, 2.05) is 0 Å². The van der Waals surface area contributed by atoms with Crippen LogP contribution in [0.5, 0.6) is 0 Å². The van der Waals surface area contributed by atoms with Crippen molar-refractivity contribution in [2.24, 2.45) is 0 Å². The summed E-state index contributed by atoms with van der Waals surface area (Å²) < 4.78 is 18.4. The van der Waals surface area contributed by atoms with Crippen molar-refractivity contribution in [3.05, 3.63) is 42.0 Å². The first-order valence-electron chi connectivity index (χ1n) is 7.24. The van der Waals surface area contributed by atoms with Gasteiger partial charge in [0.2, 0.25) is 5.89 Å². The number of hydrogen-bond donors (Lipinski definition) is 0. The van der Waals surface area contributed by atoms with Gasteiger partial charge in [-0.2, -0.15) is 0 Å². The molecule has 0 radical (unpaired) electrons. The third-order valence-electron chi connectivity index (χ3n) is 3.73. The second-order valence-corrected chi connectivity index (χ2v) is 5.34. The molecule has 0 bridgehead atoms. The fourth-order valence-corrected chi connectivity index (χ4v) is 2.63. The molecule has 0 amide bonds. The van der Waals surface area contributed by atoms with E-state index in [1.54, 1.807) is 18.4 Å². The van der Waals surface area contributed by atoms with E-state index in [0.29, 0.717) is 5.89 Å². The summed E-state index contributed by atoms with van der Waals surface area (Å²) in [6.07, 6.45) is 6.90. The maximum absolute atomic E-state index is 12.9. The molecule has 3 rings (SSSR count). The van der Waals surface area contributed by atoms with Gasteiger partial charge in [0.05, 0.1) is 5.69 Å². The van der Waals surface area contributed by atoms with Gasteiger partial charge in [0.25, 0.3) is 0 Å². The molecule has 20 heavy (non-hydrogen) atoms. The lowest BCUT2D eigenvalue weighted by Gasteiger charge is -2.17. The summed E-state index contributed by atoms with van der Waals surface area (Å²) in [7, 11) is 0. The Balaban J connectivity index is 1.68. The summed E-state index contributed by atoms with van der Waals surface area (Å²) in [6, 6.07) is 6.23. The highest BCUT2D eigenvalue weighted by Crippen LogP contribution is 2.20. The minimum Gasteiger partial charge on any atom is -0.444 e. The Kier molecular flexibility index (Phi) is 4.11. The standard InChI is InChI=1S/C16H19FN2O/c17-14-7-5-13(6-8-14)16-18-15(12-20-16)11-19-9-3-1-2-4-10-19/h5-8,12H,1-4,9-11H2. The van der Waals surface area contributed by atoms with Gasteiger partial charge in [-0.15, -0.1) is 0 Å². The topological polar surface area (TPSA) is 29.3 Å². The molecule has 4 heteroatoms. The smallest absolute Gasteiger partial charge is 0.226 e. The van der Waals surface area contributed by atoms with Crippen molar-refractivity contribution < 1.29 is 8.81 Å². The zero-order valence-corrected chi connectivity index (χ0v) is 11.5. The number of benzene rings is 1. The minimum atomic E-state index is -0.245. The van der Waals surface area contributed by atoms with Crippen LogP contribution in [-0.4, -0.2) is 23.0 Å². The first kappa shape index (κ1) is 13.3. The van der Waals surface area contributed by atoms with Gasteiger partial charge < -0.3 is 4.42 Å². The van der Waals surface area contributed by atoms with Crippen LogP contribution in [0.3, 0.4) is 0 Å². The molecule has 3 nitrogen and oxygen atoms in total. The molecular formula is C16H19FN2O. The third kappa shape index (κ3) is 3.25. The molecule has 1 aromatic carbocycles. The van der Waals surface area contributed by atoms with E-state index in [-0.39, 0.29) is 5.82 Å². The lowest BCUT2D eigenvalue weighted by Crippen LogP contribution is -2.24. The van der Waals surface area contributed by atoms with E-state index in [2.05, 4.69) is 9.88 Å². The molecule has 0 N–H and O–H groups in total. The SMILES string of the molecule is Fc1ccc(-c2nc(CN3CCCCCC3)co2)cc1. The fraction of sp³-hybridized carbons (Fsp3) is 0.438. The van der Waals surface area contributed by atoms with Gasteiger partial charge in [0.15, 0.2) is 0 Å². The zero-order valence-electron chi connectivity index (χ0n) is 11.5. The highest BCUT2D eigenvalue weighted by Gasteiger charge is 2.13. The predicted molar refractivity (Wildman–Crippen MR) is 75.6 cm³/mol. The first-order chi connectivity index (χ1) is 9.81. The Labute approximate surface area is 118 Å². The molecule has 1 aromatic heterocycles. The van der Waals surface area contributed by atoms with Crippen molar-refractivity contribution in [3.63, 3.8) is 0 Å². The van der Waals surface area contributed by atoms with E-state index in [0.717, 1.165) is 30.9 Å². The molecule has 1 fully saturated rings. The van der Waals surface area contributed by atoms with Gasteiger partial charge in [-0.1, -0.05) is 12.8 Å². The number of rotatable bonds is 3. The molecule has 1 aliphatic rings. The summed E-state index contributed by atoms with van der Waals surface area (Å²) in [6.45, 7) is 3.11. The fourth-order valence-electron chi connectivity index (χ4n) is 2.63. The van der Waals surface area contributed by atoms with Gasteiger partial charge in [-0.25, -0.2) is 9.37 Å². The zero-order chi connectivity index (χ0) is 13.8. The molecule has 2 aromatic rings. The Morgan fingerprint density at radius 2 is 1.75 bits per heavy atom. The number of hydrogen-bond acceptors (Lipinski definition) is 3. The van der Waals surface area contributed by atoms with Crippen LogP contribution in [0.4, 0.5) is 4.39 Å². The van der Waals surface area contributed by atoms with Gasteiger partial charge >= 0.3 is 0 Å². The summed E-state index contributed by atoms with van der Waals surface area (Å²) in [5.74, 6) is 0.319. The van der Waals surface area contributed by atoms with E-state index in [4.69, 9.17) is 4.42 Å². The van der Waals surface area contributed by atoms with Crippen molar-refractivity contribution in [3.8, 4) is 11.5 Å². The quantitative estimate of drug-likeness (QED) is 0.851. The van der Waals surface area contributed by atoms with Crippen molar-refractivity contribution >= 4 is 0 Å². The van der Waals surface area contributed by atoms with Gasteiger partial charge in [0, 0.05) is 12.1 Å². The summed E-state index contributed by atoms with van der Waals surface area (Å²) in [5.41, 5.74) is 1.76. The van der Waals surface area contributed by atoms with Crippen LogP contribution in [0.2, 0.25) is 0 Å². The Morgan fingerprint density at radius 1 is 1.05 bits per heavy atom. The van der Waals surface area contributed by atoms with Gasteiger partial charge in [0.1, 0.15) is 12.1 Å². The normalized spacial score (nSPS) is 17.1. The molecule has 2 heterocycles. The van der Waals surface area contributed by atoms with E-state index < -0.39 is 0 Å². The maximum Gasteiger partial charge on any atom is 0.226 e. The highest BCUT2D eigenvalue weighted by molar-refractivity contribution is 5.52. The molecule has 0 saturated carbocycles. The van der Waals surface area contributed by atoms with Crippen molar-refractivity contribution in [2.45, 2.75) is 32.2 Å². The molecule has 0 spiro atoms. The molecule has 0 unspecified atom stereocenters. The summed E-state index contributed by atoms with van der Waals surface area (Å²) in [4.78, 5) is 6.93. The Morgan fingerprint density at radius 3 is 2.45 bits per heavy atom. The molecule has 1 saturated heterocycles. The van der Waals surface area contributed by atoms with Crippen LogP contribution < -0.4 is 0 Å². The molecule has 106 valence electrons. The number of aromatic nitrogens is 1. The monoisotopic (exact) mass is 274 g/mol. The van der Waals surface area contributed by atoms with Crippen LogP contribution in [0, 0.1) is 5.82 Å². The number of halogens is 1. The van der Waals surface area contributed by atoms with Crippen LogP contribution in [0.15, 0.2) is 34.9 Å². The predicted octanol–water partition coefficient (Wildman–Crippen LogP) is 3.86. The Hall–Kier alpha value is -1.68. The molecule has 1 aliphatic heterocycles. The lowest BCUT2D eigenvalue weighted by molar-refractivity contribution is 0.273. The van der Waals surface area contributed by atoms with E-state index >= 15 is 0 Å². The van der Waals surface area contributed by atoms with E-state index in [9.17, 15) is 4.39 Å². The van der Waals surface area contributed by atoms with Crippen molar-refractivity contribution in [2.75, 3.05) is 13.1 Å². The van der Waals surface area contributed by atoms with Crippen molar-refractivity contribution in [1.29, 1.82) is 0 Å². The summed E-state index contributed by atoms with van der Waals surface area (Å²) in [5, 5.41) is 0. The summed E-state index contributed by atoms with van der Waals surface area (Å²) >= 11 is 0. The van der Waals surface area contributed by atoms with Crippen LogP contribution in [0.1, 0.15) is 31.4 Å². The van der Waals surface area contributed by atoms with Gasteiger partial charge in [-0.3, -0.25) is 4.90 Å². The minimum absolute atomic E-state index is 0.245. The highest BCUT2D eigenvalue weighted by atomic mass is 19.1. The third-order valence-corrected chi connectivity index (χ3v) is 3.73. The lowest BCUT2D eigenvalue weighted by atomic mass is 10.2. The number of nitrogens with zero attached hydrogens (tertiary/aromatic N) is 2. The molecule has 0 aliphatic carbocycles. The van der Waals surface area contributed by atoms with Gasteiger partial charge in [-0.05, 0) is 50.2 Å². The van der Waals surface area contributed by atoms with Crippen LogP contribution in [-0.2, 0) is 6.54 Å². The maximum atomic E-state index is 12.9. The number of likely N-dealkylation sites (tertiary alicyclic amines) is 1. The first-order valence-corrected chi connectivity index (χ1v) is 7.24. The average Bonchev–Trinajstić information content (AvgIpc) is 2.76. The largest absolute Gasteiger partial charge is 0.444 e.